The number of ketones is 2. The third-order valence-electron chi connectivity index (χ3n) is 8.49. The van der Waals surface area contributed by atoms with E-state index in [9.17, 15) is 24.6 Å². The number of carbonyl (C=O) groups is 3. The molecule has 0 heterocycles. The Hall–Kier alpha value is -1.53. The van der Waals surface area contributed by atoms with Crippen LogP contribution >= 0.6 is 0 Å². The number of hydrogen-bond acceptors (Lipinski definition) is 6. The molecule has 4 fully saturated rings. The van der Waals surface area contributed by atoms with Gasteiger partial charge in [-0.25, -0.2) is 0 Å². The van der Waals surface area contributed by atoms with Crippen molar-refractivity contribution >= 4 is 17.5 Å². The molecule has 0 aromatic rings. The van der Waals surface area contributed by atoms with Crippen molar-refractivity contribution in [2.45, 2.75) is 71.7 Å². The van der Waals surface area contributed by atoms with E-state index in [1.807, 2.05) is 20.8 Å². The highest BCUT2D eigenvalue weighted by molar-refractivity contribution is 6.06. The molecule has 6 nitrogen and oxygen atoms in total. The molecule has 0 radical (unpaired) electrons. The van der Waals surface area contributed by atoms with Gasteiger partial charge >= 0.3 is 5.97 Å². The van der Waals surface area contributed by atoms with Gasteiger partial charge in [-0.05, 0) is 24.3 Å². The molecule has 0 aliphatic heterocycles. The van der Waals surface area contributed by atoms with E-state index >= 15 is 0 Å². The lowest BCUT2D eigenvalue weighted by Gasteiger charge is -2.65. The van der Waals surface area contributed by atoms with Crippen molar-refractivity contribution in [3.05, 3.63) is 12.2 Å². The Morgan fingerprint density at radius 3 is 2.43 bits per heavy atom. The summed E-state index contributed by atoms with van der Waals surface area (Å²) in [5.41, 5.74) is -2.14. The first-order valence-corrected chi connectivity index (χ1v) is 10.2. The number of hydrogen-bond donors (Lipinski definition) is 2. The molecule has 8 atom stereocenters. The van der Waals surface area contributed by atoms with E-state index in [-0.39, 0.29) is 30.3 Å². The van der Waals surface area contributed by atoms with Gasteiger partial charge in [-0.2, -0.15) is 0 Å². The minimum atomic E-state index is -0.972. The van der Waals surface area contributed by atoms with Gasteiger partial charge in [0.25, 0.3) is 0 Å². The number of esters is 1. The monoisotopic (exact) mass is 390 g/mol. The van der Waals surface area contributed by atoms with Crippen molar-refractivity contribution in [3.63, 3.8) is 0 Å². The third-order valence-corrected chi connectivity index (χ3v) is 8.49. The average molecular weight is 390 g/mol. The van der Waals surface area contributed by atoms with Crippen LogP contribution in [0.5, 0.6) is 0 Å². The smallest absolute Gasteiger partial charge is 0.302 e. The van der Waals surface area contributed by atoms with Crippen LogP contribution in [-0.4, -0.2) is 46.1 Å². The summed E-state index contributed by atoms with van der Waals surface area (Å²) in [6.45, 7) is 10.9. The Labute approximate surface area is 165 Å². The van der Waals surface area contributed by atoms with Gasteiger partial charge in [-0.1, -0.05) is 27.4 Å². The number of allylic oxidation sites excluding steroid dienone is 1. The average Bonchev–Trinajstić information content (AvgIpc) is 2.73. The molecule has 0 aromatic heterocycles. The summed E-state index contributed by atoms with van der Waals surface area (Å²) in [6, 6.07) is 0. The van der Waals surface area contributed by atoms with Crippen LogP contribution in [0, 0.1) is 34.0 Å². The number of carbonyl (C=O) groups excluding carboxylic acids is 3. The largest absolute Gasteiger partial charge is 0.462 e. The quantitative estimate of drug-likeness (QED) is 0.523. The first-order valence-electron chi connectivity index (χ1n) is 10.2. The minimum absolute atomic E-state index is 0.0618. The molecule has 4 aliphatic rings. The van der Waals surface area contributed by atoms with E-state index in [1.54, 1.807) is 0 Å². The van der Waals surface area contributed by atoms with Gasteiger partial charge < -0.3 is 14.9 Å². The van der Waals surface area contributed by atoms with Gasteiger partial charge in [0, 0.05) is 47.8 Å². The highest BCUT2D eigenvalue weighted by Gasteiger charge is 2.74. The van der Waals surface area contributed by atoms with Crippen molar-refractivity contribution < 1.29 is 29.3 Å². The van der Waals surface area contributed by atoms with Crippen LogP contribution in [0.1, 0.15) is 53.4 Å². The normalized spacial score (nSPS) is 49.4. The number of ether oxygens (including phenoxy) is 1. The zero-order chi connectivity index (χ0) is 20.8. The van der Waals surface area contributed by atoms with E-state index in [0.717, 1.165) is 0 Å². The SMILES string of the molecule is C=C1C(=O)[C@@]23CC(=O)[C@@H]4C(C)(C)[C@@H](OC(C)=O)C[C@H](O)[C@@]4(C)[C@@H]2[C@@H](O)C[C@@H]1C3. The Morgan fingerprint density at radius 2 is 1.82 bits per heavy atom. The topological polar surface area (TPSA) is 101 Å². The van der Waals surface area contributed by atoms with Gasteiger partial charge in [0.1, 0.15) is 11.9 Å². The summed E-state index contributed by atoms with van der Waals surface area (Å²) in [5.74, 6) is -1.87. The number of aliphatic hydroxyl groups excluding tert-OH is 2. The lowest BCUT2D eigenvalue weighted by Crippen LogP contribution is -2.71. The van der Waals surface area contributed by atoms with Crippen LogP contribution in [0.25, 0.3) is 0 Å². The molecule has 154 valence electrons. The Morgan fingerprint density at radius 1 is 1.18 bits per heavy atom. The number of Topliss-reactive ketones (excluding diaryl/α,β-unsaturated/α-hetero) is 2. The molecule has 2 bridgehead atoms. The Balaban J connectivity index is 1.86. The fourth-order valence-corrected chi connectivity index (χ4v) is 7.62. The van der Waals surface area contributed by atoms with Crippen LogP contribution in [0.3, 0.4) is 0 Å². The summed E-state index contributed by atoms with van der Waals surface area (Å²) in [6.07, 6.45) is -1.13. The van der Waals surface area contributed by atoms with Crippen molar-refractivity contribution in [1.82, 2.24) is 0 Å². The van der Waals surface area contributed by atoms with Crippen molar-refractivity contribution in [2.75, 3.05) is 0 Å². The maximum Gasteiger partial charge on any atom is 0.302 e. The van der Waals surface area contributed by atoms with Gasteiger partial charge in [-0.15, -0.1) is 0 Å². The van der Waals surface area contributed by atoms with Gasteiger partial charge in [0.2, 0.25) is 0 Å². The third kappa shape index (κ3) is 2.19. The van der Waals surface area contributed by atoms with E-state index in [2.05, 4.69) is 6.58 Å². The van der Waals surface area contributed by atoms with E-state index in [0.29, 0.717) is 18.4 Å². The second-order valence-electron chi connectivity index (χ2n) is 10.3. The molecule has 1 spiro atoms. The summed E-state index contributed by atoms with van der Waals surface area (Å²) >= 11 is 0. The molecule has 0 aromatic carbocycles. The predicted octanol–water partition coefficient (Wildman–Crippen LogP) is 1.82. The molecule has 6 heteroatoms. The maximum absolute atomic E-state index is 13.5. The first-order chi connectivity index (χ1) is 12.9. The van der Waals surface area contributed by atoms with Gasteiger partial charge in [0.15, 0.2) is 5.78 Å². The summed E-state index contributed by atoms with van der Waals surface area (Å²) < 4.78 is 5.49. The number of aliphatic hydroxyl groups is 2. The van der Waals surface area contributed by atoms with Crippen molar-refractivity contribution in [1.29, 1.82) is 0 Å². The van der Waals surface area contributed by atoms with E-state index < -0.39 is 52.4 Å². The van der Waals surface area contributed by atoms with E-state index in [4.69, 9.17) is 4.74 Å². The van der Waals surface area contributed by atoms with Gasteiger partial charge in [-0.3, -0.25) is 14.4 Å². The maximum atomic E-state index is 13.5. The van der Waals surface area contributed by atoms with Crippen molar-refractivity contribution in [2.24, 2.45) is 34.0 Å². The van der Waals surface area contributed by atoms with Crippen molar-refractivity contribution in [3.8, 4) is 0 Å². The Bertz CT molecular complexity index is 784. The zero-order valence-corrected chi connectivity index (χ0v) is 17.0. The standard InChI is InChI=1S/C22H30O6/c1-10-12-6-13(24)18-21(5)15(26)7-16(28-11(2)23)20(3,4)17(21)14(25)9-22(18,8-12)19(10)27/h12-13,15-18,24,26H,1,6-9H2,2-5H3/t12-,13+,15+,16+,17-,18+,21-,22+/m1/s1. The molecular weight excluding hydrogens is 360 g/mol. The molecule has 0 saturated heterocycles. The zero-order valence-electron chi connectivity index (χ0n) is 17.0. The number of fused-ring (bicyclic) bond motifs is 3. The van der Waals surface area contributed by atoms with Crippen LogP contribution in [0.2, 0.25) is 0 Å². The lowest BCUT2D eigenvalue weighted by molar-refractivity contribution is -0.241. The van der Waals surface area contributed by atoms with E-state index in [1.165, 1.54) is 6.92 Å². The Kier molecular flexibility index (Phi) is 4.07. The molecule has 2 N–H and O–H groups in total. The molecule has 4 rings (SSSR count). The fraction of sp³-hybridized carbons (Fsp3) is 0.773. The first kappa shape index (κ1) is 19.8. The molecule has 4 saturated carbocycles. The predicted molar refractivity (Wildman–Crippen MR) is 100.0 cm³/mol. The highest BCUT2D eigenvalue weighted by Crippen LogP contribution is 2.70. The van der Waals surface area contributed by atoms with Crippen LogP contribution < -0.4 is 0 Å². The highest BCUT2D eigenvalue weighted by atomic mass is 16.5. The molecule has 28 heavy (non-hydrogen) atoms. The summed E-state index contributed by atoms with van der Waals surface area (Å²) in [4.78, 5) is 38.3. The van der Waals surface area contributed by atoms with Crippen LogP contribution in [0.15, 0.2) is 12.2 Å². The summed E-state index contributed by atoms with van der Waals surface area (Å²) in [5, 5.41) is 22.3. The molecule has 0 unspecified atom stereocenters. The number of rotatable bonds is 1. The minimum Gasteiger partial charge on any atom is -0.462 e. The fourth-order valence-electron chi connectivity index (χ4n) is 7.62. The molecule has 0 amide bonds. The molecule has 4 aliphatic carbocycles. The second kappa shape index (κ2) is 5.76. The second-order valence-corrected chi connectivity index (χ2v) is 10.3. The van der Waals surface area contributed by atoms with Crippen LogP contribution in [-0.2, 0) is 19.1 Å². The van der Waals surface area contributed by atoms with Gasteiger partial charge in [0.05, 0.1) is 12.2 Å². The summed E-state index contributed by atoms with van der Waals surface area (Å²) in [7, 11) is 0. The molecular formula is C22H30O6. The van der Waals surface area contributed by atoms with Crippen LogP contribution in [0.4, 0.5) is 0 Å². The lowest BCUT2D eigenvalue weighted by atomic mass is 9.39.